The first-order valence-corrected chi connectivity index (χ1v) is 10.1. The van der Waals surface area contributed by atoms with Crippen LogP contribution in [0.15, 0.2) is 67.0 Å². The van der Waals surface area contributed by atoms with Crippen LogP contribution >= 0.6 is 0 Å². The third-order valence-electron chi connectivity index (χ3n) is 5.68. The predicted octanol–water partition coefficient (Wildman–Crippen LogP) is 6.48. The third kappa shape index (κ3) is 2.67. The van der Waals surface area contributed by atoms with E-state index in [0.717, 1.165) is 0 Å². The summed E-state index contributed by atoms with van der Waals surface area (Å²) >= 11 is 0. The van der Waals surface area contributed by atoms with Crippen LogP contribution in [0.1, 0.15) is 0 Å². The lowest BCUT2D eigenvalue weighted by molar-refractivity contribution is 0.380. The van der Waals surface area contributed by atoms with Gasteiger partial charge >= 0.3 is 0 Å². The van der Waals surface area contributed by atoms with Crippen molar-refractivity contribution < 1.29 is 22.0 Å². The highest BCUT2D eigenvalue weighted by atomic mass is 19.2. The van der Waals surface area contributed by atoms with Crippen molar-refractivity contribution in [1.29, 1.82) is 0 Å². The van der Waals surface area contributed by atoms with Crippen molar-refractivity contribution in [1.82, 2.24) is 19.5 Å². The van der Waals surface area contributed by atoms with Crippen LogP contribution in [0.3, 0.4) is 0 Å². The minimum atomic E-state index is -2.23. The Morgan fingerprint density at radius 1 is 0.559 bits per heavy atom. The van der Waals surface area contributed by atoms with E-state index in [4.69, 9.17) is 0 Å². The van der Waals surface area contributed by atoms with Crippen molar-refractivity contribution in [2.45, 2.75) is 0 Å². The Bertz CT molecular complexity index is 1730. The molecule has 0 atom stereocenters. The summed E-state index contributed by atoms with van der Waals surface area (Å²) in [4.78, 5) is 13.2. The van der Waals surface area contributed by atoms with Gasteiger partial charge in [0.1, 0.15) is 0 Å². The Hall–Kier alpha value is -4.40. The van der Waals surface area contributed by atoms with E-state index in [1.807, 2.05) is 0 Å². The third-order valence-corrected chi connectivity index (χ3v) is 5.68. The highest BCUT2D eigenvalue weighted by molar-refractivity contribution is 6.21. The molecular weight excluding hydrogens is 451 g/mol. The van der Waals surface area contributed by atoms with Crippen molar-refractivity contribution in [2.75, 3.05) is 0 Å². The van der Waals surface area contributed by atoms with E-state index >= 15 is 0 Å². The monoisotopic (exact) mass is 462 g/mol. The van der Waals surface area contributed by atoms with E-state index in [1.165, 1.54) is 4.57 Å². The van der Waals surface area contributed by atoms with Crippen LogP contribution in [0, 0.1) is 29.1 Å². The zero-order valence-electron chi connectivity index (χ0n) is 17.0. The predicted molar refractivity (Wildman–Crippen MR) is 117 cm³/mol. The van der Waals surface area contributed by atoms with Gasteiger partial charge in [-0.1, -0.05) is 18.2 Å². The largest absolute Gasteiger partial charge is 0.291 e. The standard InChI is InChI=1S/C25H11F5N4/c26-16-15(17(27)19(29)20(30)18(16)28)25-33-23-13-8-4-10-31-21(13)22-14(9-5-11-32-22)24(23)34(25)12-6-2-1-3-7-12/h1-11H. The summed E-state index contributed by atoms with van der Waals surface area (Å²) < 4.78 is 73.4. The average molecular weight is 462 g/mol. The number of nitrogens with zero attached hydrogens (tertiary/aromatic N) is 4. The van der Waals surface area contributed by atoms with E-state index in [9.17, 15) is 22.0 Å². The zero-order chi connectivity index (χ0) is 23.6. The summed E-state index contributed by atoms with van der Waals surface area (Å²) in [5.74, 6) is -10.7. The molecule has 0 aliphatic heterocycles. The first kappa shape index (κ1) is 20.2. The molecule has 0 bridgehead atoms. The van der Waals surface area contributed by atoms with Crippen LogP contribution in [-0.4, -0.2) is 19.5 Å². The number of para-hydroxylation sites is 1. The van der Waals surface area contributed by atoms with Gasteiger partial charge in [-0.15, -0.1) is 0 Å². The van der Waals surface area contributed by atoms with Crippen LogP contribution < -0.4 is 0 Å². The van der Waals surface area contributed by atoms with Crippen LogP contribution in [0.4, 0.5) is 22.0 Å². The Morgan fingerprint density at radius 3 is 1.76 bits per heavy atom. The fourth-order valence-electron chi connectivity index (χ4n) is 4.22. The van der Waals surface area contributed by atoms with Gasteiger partial charge < -0.3 is 0 Å². The molecule has 34 heavy (non-hydrogen) atoms. The van der Waals surface area contributed by atoms with Crippen molar-refractivity contribution in [3.8, 4) is 17.1 Å². The molecule has 0 radical (unpaired) electrons. The van der Waals surface area contributed by atoms with E-state index in [-0.39, 0.29) is 5.52 Å². The smallest absolute Gasteiger partial charge is 0.200 e. The molecule has 166 valence electrons. The number of halogens is 5. The molecule has 0 aliphatic rings. The Labute approximate surface area is 187 Å². The van der Waals surface area contributed by atoms with Crippen LogP contribution in [0.5, 0.6) is 0 Å². The lowest BCUT2D eigenvalue weighted by atomic mass is 10.1. The van der Waals surface area contributed by atoms with Gasteiger partial charge in [-0.3, -0.25) is 14.5 Å². The van der Waals surface area contributed by atoms with Gasteiger partial charge in [0.2, 0.25) is 5.82 Å². The zero-order valence-corrected chi connectivity index (χ0v) is 17.0. The molecule has 0 saturated carbocycles. The van der Waals surface area contributed by atoms with Crippen molar-refractivity contribution in [3.05, 3.63) is 96.1 Å². The summed E-state index contributed by atoms with van der Waals surface area (Å²) in [5, 5.41) is 1.07. The molecule has 3 aromatic carbocycles. The summed E-state index contributed by atoms with van der Waals surface area (Å²) in [6, 6.07) is 15.2. The fraction of sp³-hybridized carbons (Fsp3) is 0. The SMILES string of the molecule is Fc1c(F)c(F)c(-c2nc3c4cccnc4c4ncccc4c3n2-c2ccccc2)c(F)c1F. The van der Waals surface area contributed by atoms with Crippen LogP contribution in [0.25, 0.3) is 49.9 Å². The number of hydrogen-bond acceptors (Lipinski definition) is 3. The van der Waals surface area contributed by atoms with E-state index in [1.54, 1.807) is 67.0 Å². The van der Waals surface area contributed by atoms with Gasteiger partial charge in [-0.05, 0) is 36.4 Å². The van der Waals surface area contributed by atoms with Gasteiger partial charge in [-0.2, -0.15) is 0 Å². The molecule has 6 rings (SSSR count). The minimum absolute atomic E-state index is 0.284. The molecule has 0 amide bonds. The molecule has 0 fully saturated rings. The second-order valence-corrected chi connectivity index (χ2v) is 7.55. The highest BCUT2D eigenvalue weighted by Gasteiger charge is 2.31. The molecule has 0 spiro atoms. The summed E-state index contributed by atoms with van der Waals surface area (Å²) in [6.07, 6.45) is 3.15. The van der Waals surface area contributed by atoms with Gasteiger partial charge in [-0.25, -0.2) is 26.9 Å². The Balaban J connectivity index is 1.91. The average Bonchev–Trinajstić information content (AvgIpc) is 3.27. The molecular formula is C25H11F5N4. The van der Waals surface area contributed by atoms with E-state index in [0.29, 0.717) is 33.0 Å². The second kappa shape index (κ2) is 7.31. The van der Waals surface area contributed by atoms with E-state index < -0.39 is 40.5 Å². The lowest BCUT2D eigenvalue weighted by Gasteiger charge is -2.13. The number of hydrogen-bond donors (Lipinski definition) is 0. The van der Waals surface area contributed by atoms with Crippen LogP contribution in [0.2, 0.25) is 0 Å². The summed E-state index contributed by atoms with van der Waals surface area (Å²) in [5.41, 5.74) is 0.974. The topological polar surface area (TPSA) is 43.6 Å². The van der Waals surface area contributed by atoms with Crippen molar-refractivity contribution in [3.63, 3.8) is 0 Å². The molecule has 3 heterocycles. The van der Waals surface area contributed by atoms with Crippen molar-refractivity contribution >= 4 is 32.8 Å². The number of pyridine rings is 2. The van der Waals surface area contributed by atoms with Crippen LogP contribution in [-0.2, 0) is 0 Å². The Kier molecular flexibility index (Phi) is 4.35. The second-order valence-electron chi connectivity index (χ2n) is 7.55. The summed E-state index contributed by atoms with van der Waals surface area (Å²) in [7, 11) is 0. The molecule has 0 unspecified atom stereocenters. The molecule has 4 nitrogen and oxygen atoms in total. The number of imidazole rings is 1. The molecule has 9 heteroatoms. The Morgan fingerprint density at radius 2 is 1.12 bits per heavy atom. The number of rotatable bonds is 2. The van der Waals surface area contributed by atoms with Gasteiger partial charge in [0, 0.05) is 28.9 Å². The normalized spacial score (nSPS) is 11.7. The van der Waals surface area contributed by atoms with Gasteiger partial charge in [0.15, 0.2) is 29.1 Å². The molecule has 0 saturated heterocycles. The summed E-state index contributed by atoms with van der Waals surface area (Å²) in [6.45, 7) is 0. The molecule has 6 aromatic rings. The molecule has 0 N–H and O–H groups in total. The molecule has 3 aromatic heterocycles. The minimum Gasteiger partial charge on any atom is -0.291 e. The van der Waals surface area contributed by atoms with Crippen molar-refractivity contribution in [2.24, 2.45) is 0 Å². The van der Waals surface area contributed by atoms with Gasteiger partial charge in [0.05, 0.1) is 27.6 Å². The highest BCUT2D eigenvalue weighted by Crippen LogP contribution is 2.40. The maximum absolute atomic E-state index is 14.9. The number of benzene rings is 3. The lowest BCUT2D eigenvalue weighted by Crippen LogP contribution is -2.07. The number of aromatic nitrogens is 4. The maximum Gasteiger partial charge on any atom is 0.200 e. The quantitative estimate of drug-likeness (QED) is 0.128. The first-order chi connectivity index (χ1) is 16.5. The number of fused-ring (bicyclic) bond motifs is 6. The fourth-order valence-corrected chi connectivity index (χ4v) is 4.22. The first-order valence-electron chi connectivity index (χ1n) is 10.1. The van der Waals surface area contributed by atoms with Gasteiger partial charge in [0.25, 0.3) is 0 Å². The molecule has 0 aliphatic carbocycles. The van der Waals surface area contributed by atoms with E-state index in [2.05, 4.69) is 15.0 Å². The maximum atomic E-state index is 14.9.